The maximum Gasteiger partial charge on any atom is 0.220 e. The van der Waals surface area contributed by atoms with E-state index in [1.807, 2.05) is 61.7 Å². The van der Waals surface area contributed by atoms with Gasteiger partial charge < -0.3 is 9.47 Å². The Balaban J connectivity index is 1.61. The third-order valence-corrected chi connectivity index (χ3v) is 7.59. The monoisotopic (exact) mass is 572 g/mol. The highest BCUT2D eigenvalue weighted by Crippen LogP contribution is 2.40. The Bertz CT molecular complexity index is 1430. The second-order valence-corrected chi connectivity index (χ2v) is 10.5. The van der Waals surface area contributed by atoms with Crippen LogP contribution in [0.2, 0.25) is 10.0 Å². The second kappa shape index (κ2) is 12.5. The highest BCUT2D eigenvalue weighted by molar-refractivity contribution is 7.99. The van der Waals surface area contributed by atoms with Gasteiger partial charge in [-0.2, -0.15) is 0 Å². The van der Waals surface area contributed by atoms with E-state index in [0.29, 0.717) is 44.7 Å². The lowest BCUT2D eigenvalue weighted by Crippen LogP contribution is -2.11. The third-order valence-electron chi connectivity index (χ3n) is 5.67. The topological polar surface area (TPSA) is 92.3 Å². The first-order valence-corrected chi connectivity index (χ1v) is 13.5. The van der Waals surface area contributed by atoms with Crippen molar-refractivity contribution in [3.63, 3.8) is 0 Å². The molecule has 0 spiro atoms. The van der Waals surface area contributed by atoms with Crippen molar-refractivity contribution in [1.82, 2.24) is 14.8 Å². The molecule has 3 aromatic carbocycles. The predicted octanol–water partition coefficient (Wildman–Crippen LogP) is 7.28. The van der Waals surface area contributed by atoms with Crippen molar-refractivity contribution in [3.05, 3.63) is 103 Å². The van der Waals surface area contributed by atoms with Crippen LogP contribution in [0, 0.1) is 24.0 Å². The minimum atomic E-state index is -0.541. The lowest BCUT2D eigenvalue weighted by atomic mass is 10.1. The number of nitrogens with zero attached hydrogens (tertiary/aromatic N) is 4. The Labute approximate surface area is 235 Å². The van der Waals surface area contributed by atoms with Gasteiger partial charge in [-0.25, -0.2) is 0 Å². The highest BCUT2D eigenvalue weighted by Gasteiger charge is 2.25. The van der Waals surface area contributed by atoms with Crippen molar-refractivity contribution in [2.24, 2.45) is 0 Å². The van der Waals surface area contributed by atoms with Crippen molar-refractivity contribution in [3.8, 4) is 17.2 Å². The molecule has 0 fully saturated rings. The molecule has 1 heterocycles. The average molecular weight is 574 g/mol. The van der Waals surface area contributed by atoms with Gasteiger partial charge in [-0.05, 0) is 68.3 Å². The van der Waals surface area contributed by atoms with Gasteiger partial charge in [0, 0.05) is 10.6 Å². The summed E-state index contributed by atoms with van der Waals surface area (Å²) in [6, 6.07) is 18.6. The zero-order chi connectivity index (χ0) is 27.2. The molecule has 4 aromatic rings. The Morgan fingerprint density at radius 1 is 0.974 bits per heavy atom. The summed E-state index contributed by atoms with van der Waals surface area (Å²) in [5.74, 6) is 1.71. The number of rotatable bonds is 11. The van der Waals surface area contributed by atoms with Crippen molar-refractivity contribution in [2.75, 3.05) is 13.2 Å². The van der Waals surface area contributed by atoms with Gasteiger partial charge in [-0.1, -0.05) is 64.8 Å². The first-order chi connectivity index (χ1) is 18.2. The zero-order valence-electron chi connectivity index (χ0n) is 21.1. The second-order valence-electron chi connectivity index (χ2n) is 8.50. The van der Waals surface area contributed by atoms with Gasteiger partial charge in [0.1, 0.15) is 17.7 Å². The van der Waals surface area contributed by atoms with Gasteiger partial charge >= 0.3 is 0 Å². The molecule has 0 saturated carbocycles. The van der Waals surface area contributed by atoms with E-state index in [9.17, 15) is 10.1 Å². The van der Waals surface area contributed by atoms with Crippen LogP contribution in [0.15, 0.2) is 65.8 Å². The molecule has 1 aromatic heterocycles. The Morgan fingerprint density at radius 3 is 2.42 bits per heavy atom. The van der Waals surface area contributed by atoms with E-state index in [0.717, 1.165) is 16.8 Å². The number of halogens is 2. The maximum atomic E-state index is 11.6. The number of hydrogen-bond donors (Lipinski definition) is 0. The summed E-state index contributed by atoms with van der Waals surface area (Å²) < 4.78 is 13.7. The van der Waals surface area contributed by atoms with Gasteiger partial charge in [0.05, 0.1) is 16.7 Å². The van der Waals surface area contributed by atoms with E-state index < -0.39 is 5.25 Å². The summed E-state index contributed by atoms with van der Waals surface area (Å²) in [5.41, 5.74) is 3.58. The predicted molar refractivity (Wildman–Crippen MR) is 150 cm³/mol. The summed E-state index contributed by atoms with van der Waals surface area (Å²) in [5, 5.41) is 21.1. The molecule has 0 N–H and O–H groups in total. The van der Waals surface area contributed by atoms with Gasteiger partial charge in [0.15, 0.2) is 16.7 Å². The van der Waals surface area contributed by atoms with Crippen molar-refractivity contribution in [1.29, 1.82) is 0 Å². The fourth-order valence-electron chi connectivity index (χ4n) is 3.79. The van der Waals surface area contributed by atoms with Crippen LogP contribution in [-0.4, -0.2) is 32.8 Å². The normalized spacial score (nSPS) is 11.8. The zero-order valence-corrected chi connectivity index (χ0v) is 23.4. The molecule has 0 aliphatic rings. The van der Waals surface area contributed by atoms with E-state index in [1.54, 1.807) is 24.3 Å². The van der Waals surface area contributed by atoms with Gasteiger partial charge in [-0.3, -0.25) is 14.7 Å². The highest BCUT2D eigenvalue weighted by atomic mass is 35.5. The van der Waals surface area contributed by atoms with E-state index >= 15 is 0 Å². The van der Waals surface area contributed by atoms with Crippen LogP contribution in [-0.2, 0) is 6.61 Å². The molecule has 8 nitrogen and oxygen atoms in total. The molecule has 198 valence electrons. The molecular weight excluding hydrogens is 547 g/mol. The first-order valence-electron chi connectivity index (χ1n) is 11.9. The summed E-state index contributed by atoms with van der Waals surface area (Å²) in [7, 11) is 0. The molecule has 11 heteroatoms. The number of aryl methyl sites for hydroxylation is 2. The van der Waals surface area contributed by atoms with Crippen molar-refractivity contribution in [2.45, 2.75) is 37.8 Å². The van der Waals surface area contributed by atoms with E-state index in [4.69, 9.17) is 32.7 Å². The molecule has 38 heavy (non-hydrogen) atoms. The van der Waals surface area contributed by atoms with Crippen molar-refractivity contribution < 1.29 is 14.4 Å². The Morgan fingerprint density at radius 2 is 1.74 bits per heavy atom. The van der Waals surface area contributed by atoms with Gasteiger partial charge in [-0.15, -0.1) is 10.2 Å². The van der Waals surface area contributed by atoms with Gasteiger partial charge in [0.25, 0.3) is 0 Å². The van der Waals surface area contributed by atoms with Gasteiger partial charge in [0.2, 0.25) is 6.54 Å². The number of ether oxygens (including phenoxy) is 2. The molecule has 1 atom stereocenters. The third kappa shape index (κ3) is 6.78. The van der Waals surface area contributed by atoms with Crippen LogP contribution in [0.1, 0.15) is 34.7 Å². The molecule has 4 rings (SSSR count). The number of aromatic nitrogens is 3. The number of benzene rings is 3. The van der Waals surface area contributed by atoms with E-state index in [-0.39, 0.29) is 18.1 Å². The summed E-state index contributed by atoms with van der Waals surface area (Å²) in [4.78, 5) is 11.3. The Hall–Kier alpha value is -3.27. The SMILES string of the molecule is CCOc1cc([C@@H](C[N+](=O)[O-])Sc2nnc(C)n2-c2ccc(C)cc2)ccc1OCc1ccc(Cl)c(Cl)c1. The fraction of sp³-hybridized carbons (Fsp3) is 0.259. The van der Waals surface area contributed by atoms with Crippen LogP contribution in [0.4, 0.5) is 0 Å². The molecule has 0 aliphatic heterocycles. The lowest BCUT2D eigenvalue weighted by molar-refractivity contribution is -0.479. The van der Waals surface area contributed by atoms with E-state index in [1.165, 1.54) is 11.8 Å². The lowest BCUT2D eigenvalue weighted by Gasteiger charge is -2.17. The summed E-state index contributed by atoms with van der Waals surface area (Å²) in [6.07, 6.45) is 0. The smallest absolute Gasteiger partial charge is 0.220 e. The Kier molecular flexibility index (Phi) is 9.14. The molecule has 0 bridgehead atoms. The molecule has 0 amide bonds. The number of nitro groups is 1. The number of hydrogen-bond acceptors (Lipinski definition) is 7. The minimum Gasteiger partial charge on any atom is -0.490 e. The van der Waals surface area contributed by atoms with Crippen LogP contribution in [0.5, 0.6) is 11.5 Å². The molecule has 0 radical (unpaired) electrons. The first kappa shape index (κ1) is 27.8. The summed E-state index contributed by atoms with van der Waals surface area (Å²) >= 11 is 13.4. The molecule has 0 saturated heterocycles. The quantitative estimate of drug-likeness (QED) is 0.106. The molecule has 0 unspecified atom stereocenters. The van der Waals surface area contributed by atoms with Crippen LogP contribution >= 0.6 is 35.0 Å². The van der Waals surface area contributed by atoms with E-state index in [2.05, 4.69) is 10.2 Å². The standard InChI is InChI=1S/C27H26Cl2N4O4S/c1-4-36-25-14-20(8-12-24(25)37-16-19-7-11-22(28)23(29)13-19)26(15-32(34)35)38-27-31-30-18(3)33(27)21-9-5-17(2)6-10-21/h5-14,26H,4,15-16H2,1-3H3/t26-/m1/s1. The van der Waals surface area contributed by atoms with Crippen LogP contribution in [0.3, 0.4) is 0 Å². The maximum absolute atomic E-state index is 11.6. The minimum absolute atomic E-state index is 0.252. The largest absolute Gasteiger partial charge is 0.490 e. The van der Waals surface area contributed by atoms with Crippen LogP contribution < -0.4 is 9.47 Å². The van der Waals surface area contributed by atoms with Crippen molar-refractivity contribution >= 4 is 35.0 Å². The fourth-order valence-corrected chi connectivity index (χ4v) is 5.27. The summed E-state index contributed by atoms with van der Waals surface area (Å²) in [6.45, 7) is 6.08. The average Bonchev–Trinajstić information content (AvgIpc) is 3.25. The number of thioether (sulfide) groups is 1. The molecular formula is C27H26Cl2N4O4S. The van der Waals surface area contributed by atoms with Crippen LogP contribution in [0.25, 0.3) is 5.69 Å². The molecule has 0 aliphatic carbocycles.